The number of rotatable bonds is 0. The van der Waals surface area contributed by atoms with Crippen LogP contribution in [0.4, 0.5) is 0 Å². The summed E-state index contributed by atoms with van der Waals surface area (Å²) in [4.78, 5) is 0. The van der Waals surface area contributed by atoms with E-state index in [1.807, 2.05) is 0 Å². The Labute approximate surface area is 71.3 Å². The van der Waals surface area contributed by atoms with Gasteiger partial charge >= 0.3 is 0 Å². The summed E-state index contributed by atoms with van der Waals surface area (Å²) >= 11 is 0. The summed E-state index contributed by atoms with van der Waals surface area (Å²) in [6.45, 7) is 0. The molecule has 0 aliphatic heterocycles. The van der Waals surface area contributed by atoms with E-state index in [-0.39, 0.29) is 72.0 Å². The first-order chi connectivity index (χ1) is 0. The molecule has 0 spiro atoms. The van der Waals surface area contributed by atoms with Crippen molar-refractivity contribution in [3.05, 3.63) is 0 Å². The minimum atomic E-state index is 0. The molecular weight excluding hydrogens is 424 g/mol. The normalized spacial score (nSPS) is 0. The van der Waals surface area contributed by atoms with Gasteiger partial charge in [0.05, 0.1) is 0 Å². The Kier molecular flexibility index (Phi) is 172. The Morgan fingerprint density at radius 2 is 0.500 bits per heavy atom. The fourth-order valence-corrected chi connectivity index (χ4v) is 0. The van der Waals surface area contributed by atoms with Gasteiger partial charge in [0.25, 0.3) is 0 Å². The molecular formula is Br3W-3. The second-order valence-electron chi connectivity index (χ2n) is 0. The van der Waals surface area contributed by atoms with Crippen LogP contribution in [0.3, 0.4) is 0 Å². The molecule has 0 nitrogen and oxygen atoms in total. The Morgan fingerprint density at radius 3 is 0.500 bits per heavy atom. The predicted molar refractivity (Wildman–Crippen MR) is 0 cm³/mol. The molecule has 0 aromatic carbocycles. The standard InChI is InChI=1S/3BrH.W/h3*1H;/p-3. The van der Waals surface area contributed by atoms with Gasteiger partial charge in [0.15, 0.2) is 0 Å². The fraction of sp³-hybridized carbons (Fsp3) is 0. The Hall–Kier alpha value is 2.13. The zero-order chi connectivity index (χ0) is 0. The number of halogens is 3. The predicted octanol–water partition coefficient (Wildman–Crippen LogP) is -8.99. The van der Waals surface area contributed by atoms with Gasteiger partial charge in [0, 0.05) is 21.1 Å². The van der Waals surface area contributed by atoms with Gasteiger partial charge in [-0.05, 0) is 0 Å². The molecule has 0 saturated heterocycles. The summed E-state index contributed by atoms with van der Waals surface area (Å²) in [5, 5.41) is 0. The first-order valence-electron chi connectivity index (χ1n) is 0. The third-order valence-electron chi connectivity index (χ3n) is 0. The summed E-state index contributed by atoms with van der Waals surface area (Å²) < 4.78 is 0. The summed E-state index contributed by atoms with van der Waals surface area (Å²) in [7, 11) is 0. The fourth-order valence-electron chi connectivity index (χ4n) is 0. The van der Waals surface area contributed by atoms with Crippen LogP contribution in [-0.2, 0) is 21.1 Å². The zero-order valence-electron chi connectivity index (χ0n) is 1.54. The van der Waals surface area contributed by atoms with Crippen molar-refractivity contribution in [2.45, 2.75) is 0 Å². The Morgan fingerprint density at radius 1 is 0.500 bits per heavy atom. The molecule has 0 radical (unpaired) electrons. The van der Waals surface area contributed by atoms with Gasteiger partial charge in [0.1, 0.15) is 0 Å². The van der Waals surface area contributed by atoms with Crippen LogP contribution in [-0.4, -0.2) is 0 Å². The summed E-state index contributed by atoms with van der Waals surface area (Å²) in [6, 6.07) is 0. The molecule has 0 heterocycles. The number of hydrogen-bond donors (Lipinski definition) is 0. The third-order valence-corrected chi connectivity index (χ3v) is 0. The average Bonchev–Trinajstić information content (AvgIpc) is 0. The van der Waals surface area contributed by atoms with Crippen molar-refractivity contribution in [1.29, 1.82) is 0 Å². The van der Waals surface area contributed by atoms with Crippen LogP contribution in [0.15, 0.2) is 0 Å². The van der Waals surface area contributed by atoms with E-state index in [2.05, 4.69) is 0 Å². The first-order valence-corrected chi connectivity index (χ1v) is 0. The third kappa shape index (κ3) is 8.92. The van der Waals surface area contributed by atoms with Crippen LogP contribution >= 0.6 is 0 Å². The van der Waals surface area contributed by atoms with Crippen LogP contribution in [0.5, 0.6) is 0 Å². The molecule has 0 rings (SSSR count). The molecule has 0 bridgehead atoms. The second kappa shape index (κ2) is 19.3. The molecule has 0 aromatic heterocycles. The van der Waals surface area contributed by atoms with Gasteiger partial charge in [-0.15, -0.1) is 0 Å². The smallest absolute Gasteiger partial charge is 0 e. The van der Waals surface area contributed by atoms with E-state index in [0.29, 0.717) is 0 Å². The van der Waals surface area contributed by atoms with E-state index in [1.54, 1.807) is 0 Å². The quantitative estimate of drug-likeness (QED) is 0.363. The second-order valence-corrected chi connectivity index (χ2v) is 0. The molecule has 0 N–H and O–H groups in total. The molecule has 0 aliphatic rings. The van der Waals surface area contributed by atoms with E-state index in [1.165, 1.54) is 0 Å². The van der Waals surface area contributed by atoms with Crippen LogP contribution in [0.1, 0.15) is 0 Å². The maximum Gasteiger partial charge on any atom is 0 e. The monoisotopic (exact) mass is 421 g/mol. The molecule has 4 heavy (non-hydrogen) atoms. The Balaban J connectivity index is 0. The molecule has 0 saturated carbocycles. The van der Waals surface area contributed by atoms with Crippen molar-refractivity contribution in [2.24, 2.45) is 0 Å². The molecule has 0 aromatic rings. The largest absolute Gasteiger partial charge is 1.00 e. The van der Waals surface area contributed by atoms with Crippen molar-refractivity contribution in [3.63, 3.8) is 0 Å². The van der Waals surface area contributed by atoms with Crippen molar-refractivity contribution in [2.75, 3.05) is 0 Å². The number of hydrogen-bond acceptors (Lipinski definition) is 0. The maximum atomic E-state index is 0. The van der Waals surface area contributed by atoms with Gasteiger partial charge in [-0.25, -0.2) is 0 Å². The van der Waals surface area contributed by atoms with Crippen LogP contribution < -0.4 is 50.9 Å². The van der Waals surface area contributed by atoms with Gasteiger partial charge in [0.2, 0.25) is 0 Å². The molecule has 0 unspecified atom stereocenters. The topological polar surface area (TPSA) is 0 Å². The van der Waals surface area contributed by atoms with Crippen molar-refractivity contribution >= 4 is 0 Å². The van der Waals surface area contributed by atoms with Crippen LogP contribution in [0.2, 0.25) is 0 Å². The van der Waals surface area contributed by atoms with Crippen molar-refractivity contribution in [1.82, 2.24) is 0 Å². The van der Waals surface area contributed by atoms with E-state index in [0.717, 1.165) is 0 Å². The van der Waals surface area contributed by atoms with E-state index >= 15 is 0 Å². The molecule has 0 atom stereocenters. The molecule has 4 heteroatoms. The minimum Gasteiger partial charge on any atom is -1.00 e. The summed E-state index contributed by atoms with van der Waals surface area (Å²) in [5.41, 5.74) is 0. The molecule has 0 fully saturated rings. The van der Waals surface area contributed by atoms with E-state index < -0.39 is 0 Å². The van der Waals surface area contributed by atoms with E-state index in [9.17, 15) is 0 Å². The van der Waals surface area contributed by atoms with Gasteiger partial charge in [-0.2, -0.15) is 0 Å². The van der Waals surface area contributed by atoms with E-state index in [4.69, 9.17) is 0 Å². The summed E-state index contributed by atoms with van der Waals surface area (Å²) in [6.07, 6.45) is 0. The summed E-state index contributed by atoms with van der Waals surface area (Å²) in [5.74, 6) is 0. The van der Waals surface area contributed by atoms with Crippen LogP contribution in [0.25, 0.3) is 0 Å². The zero-order valence-corrected chi connectivity index (χ0v) is 9.23. The molecule has 0 aliphatic carbocycles. The Bertz CT molecular complexity index is 3.25. The van der Waals surface area contributed by atoms with Crippen LogP contribution in [0, 0.1) is 0 Å². The maximum absolute atomic E-state index is 0. The van der Waals surface area contributed by atoms with Crippen molar-refractivity contribution in [3.8, 4) is 0 Å². The minimum absolute atomic E-state index is 0. The van der Waals surface area contributed by atoms with Gasteiger partial charge < -0.3 is 50.9 Å². The SMILES string of the molecule is [Br-].[Br-].[Br-].[W]. The average molecular weight is 424 g/mol. The van der Waals surface area contributed by atoms with Gasteiger partial charge in [-0.3, -0.25) is 0 Å². The molecule has 0 amide bonds. The van der Waals surface area contributed by atoms with Gasteiger partial charge in [-0.1, -0.05) is 0 Å². The molecule has 30 valence electrons. The first kappa shape index (κ1) is 35.6. The van der Waals surface area contributed by atoms with Crippen molar-refractivity contribution < 1.29 is 72.0 Å².